The van der Waals surface area contributed by atoms with Gasteiger partial charge < -0.3 is 15.0 Å². The van der Waals surface area contributed by atoms with Crippen LogP contribution in [0.15, 0.2) is 48.5 Å². The molecule has 4 heteroatoms. The largest absolute Gasteiger partial charge is 0.496 e. The van der Waals surface area contributed by atoms with E-state index in [9.17, 15) is 4.79 Å². The smallest absolute Gasteiger partial charge is 0.251 e. The van der Waals surface area contributed by atoms with Crippen LogP contribution in [0.2, 0.25) is 0 Å². The van der Waals surface area contributed by atoms with Crippen LogP contribution in [-0.2, 0) is 0 Å². The lowest BCUT2D eigenvalue weighted by Gasteiger charge is -2.23. The first kappa shape index (κ1) is 17.0. The van der Waals surface area contributed by atoms with Crippen molar-refractivity contribution in [3.63, 3.8) is 0 Å². The molecule has 0 heterocycles. The van der Waals surface area contributed by atoms with Crippen LogP contribution in [0.4, 0.5) is 0 Å². The standard InChI is InChI=1S/C19H24N2O2/c1-14-10-11-16(12-18(14)23-4)19(22)20-17(13-21(2)3)15-8-6-5-7-9-15/h5-12,17H,13H2,1-4H3,(H,20,22)/t17-/m1/s1. The Morgan fingerprint density at radius 1 is 1.17 bits per heavy atom. The number of rotatable bonds is 6. The Bertz CT molecular complexity index is 654. The van der Waals surface area contributed by atoms with E-state index in [1.165, 1.54) is 0 Å². The van der Waals surface area contributed by atoms with E-state index in [4.69, 9.17) is 4.74 Å². The molecule has 2 rings (SSSR count). The van der Waals surface area contributed by atoms with E-state index in [-0.39, 0.29) is 11.9 Å². The third-order valence-electron chi connectivity index (χ3n) is 3.73. The predicted octanol–water partition coefficient (Wildman–Crippen LogP) is 3.04. The Morgan fingerprint density at radius 2 is 1.87 bits per heavy atom. The zero-order valence-electron chi connectivity index (χ0n) is 14.2. The van der Waals surface area contributed by atoms with E-state index >= 15 is 0 Å². The molecule has 1 atom stereocenters. The zero-order chi connectivity index (χ0) is 16.8. The van der Waals surface area contributed by atoms with Crippen molar-refractivity contribution in [2.24, 2.45) is 0 Å². The van der Waals surface area contributed by atoms with Crippen LogP contribution in [0.25, 0.3) is 0 Å². The molecule has 122 valence electrons. The number of hydrogen-bond acceptors (Lipinski definition) is 3. The Morgan fingerprint density at radius 3 is 2.48 bits per heavy atom. The van der Waals surface area contributed by atoms with Crippen molar-refractivity contribution in [1.29, 1.82) is 0 Å². The van der Waals surface area contributed by atoms with Crippen LogP contribution in [0.3, 0.4) is 0 Å². The second-order valence-electron chi connectivity index (χ2n) is 5.88. The fourth-order valence-corrected chi connectivity index (χ4v) is 2.49. The number of hydrogen-bond donors (Lipinski definition) is 1. The fraction of sp³-hybridized carbons (Fsp3) is 0.316. The summed E-state index contributed by atoms with van der Waals surface area (Å²) < 4.78 is 5.30. The summed E-state index contributed by atoms with van der Waals surface area (Å²) in [5.74, 6) is 0.625. The summed E-state index contributed by atoms with van der Waals surface area (Å²) in [5, 5.41) is 3.12. The Balaban J connectivity index is 2.20. The highest BCUT2D eigenvalue weighted by Crippen LogP contribution is 2.20. The Hall–Kier alpha value is -2.33. The molecule has 0 aliphatic heterocycles. The summed E-state index contributed by atoms with van der Waals surface area (Å²) >= 11 is 0. The van der Waals surface area contributed by atoms with E-state index in [1.54, 1.807) is 13.2 Å². The van der Waals surface area contributed by atoms with E-state index in [0.29, 0.717) is 5.56 Å². The minimum atomic E-state index is -0.0981. The molecule has 0 aromatic heterocycles. The van der Waals surface area contributed by atoms with E-state index in [2.05, 4.69) is 10.2 Å². The first-order chi connectivity index (χ1) is 11.0. The van der Waals surface area contributed by atoms with Gasteiger partial charge in [-0.25, -0.2) is 0 Å². The molecule has 0 fully saturated rings. The average molecular weight is 312 g/mol. The van der Waals surface area contributed by atoms with Crippen LogP contribution >= 0.6 is 0 Å². The van der Waals surface area contributed by atoms with Gasteiger partial charge in [-0.15, -0.1) is 0 Å². The highest BCUT2D eigenvalue weighted by atomic mass is 16.5. The van der Waals surface area contributed by atoms with Gasteiger partial charge in [0.05, 0.1) is 13.2 Å². The maximum Gasteiger partial charge on any atom is 0.251 e. The van der Waals surface area contributed by atoms with Crippen molar-refractivity contribution < 1.29 is 9.53 Å². The van der Waals surface area contributed by atoms with Gasteiger partial charge in [0.15, 0.2) is 0 Å². The maximum absolute atomic E-state index is 12.6. The highest BCUT2D eigenvalue weighted by Gasteiger charge is 2.17. The van der Waals surface area contributed by atoms with Gasteiger partial charge >= 0.3 is 0 Å². The van der Waals surface area contributed by atoms with Crippen molar-refractivity contribution >= 4 is 5.91 Å². The monoisotopic (exact) mass is 312 g/mol. The van der Waals surface area contributed by atoms with Crippen LogP contribution in [0.1, 0.15) is 27.5 Å². The van der Waals surface area contributed by atoms with E-state index < -0.39 is 0 Å². The normalized spacial score (nSPS) is 12.0. The number of carbonyl (C=O) groups excluding carboxylic acids is 1. The molecular weight excluding hydrogens is 288 g/mol. The van der Waals surface area contributed by atoms with Gasteiger partial charge in [-0.1, -0.05) is 36.4 Å². The molecule has 1 amide bonds. The summed E-state index contributed by atoms with van der Waals surface area (Å²) in [6.07, 6.45) is 0. The minimum absolute atomic E-state index is 0.0639. The number of methoxy groups -OCH3 is 1. The van der Waals surface area contributed by atoms with Crippen LogP contribution in [0.5, 0.6) is 5.75 Å². The van der Waals surface area contributed by atoms with Crippen LogP contribution in [0, 0.1) is 6.92 Å². The van der Waals surface area contributed by atoms with E-state index in [0.717, 1.165) is 23.4 Å². The topological polar surface area (TPSA) is 41.6 Å². The number of likely N-dealkylation sites (N-methyl/N-ethyl adjacent to an activating group) is 1. The SMILES string of the molecule is COc1cc(C(=O)N[C@H](CN(C)C)c2ccccc2)ccc1C. The number of carbonyl (C=O) groups is 1. The van der Waals surface area contributed by atoms with Crippen LogP contribution in [-0.4, -0.2) is 38.6 Å². The molecule has 0 radical (unpaired) electrons. The molecule has 2 aromatic carbocycles. The van der Waals surface area contributed by atoms with Gasteiger partial charge in [0.25, 0.3) is 5.91 Å². The summed E-state index contributed by atoms with van der Waals surface area (Å²) in [4.78, 5) is 14.7. The fourth-order valence-electron chi connectivity index (χ4n) is 2.49. The molecule has 2 aromatic rings. The molecule has 23 heavy (non-hydrogen) atoms. The maximum atomic E-state index is 12.6. The number of amides is 1. The third kappa shape index (κ3) is 4.57. The van der Waals surface area contributed by atoms with Gasteiger partial charge in [-0.05, 0) is 44.3 Å². The lowest BCUT2D eigenvalue weighted by Crippen LogP contribution is -2.35. The third-order valence-corrected chi connectivity index (χ3v) is 3.73. The van der Waals surface area contributed by atoms with Crippen molar-refractivity contribution in [2.75, 3.05) is 27.7 Å². The number of nitrogens with one attached hydrogen (secondary N) is 1. The molecular formula is C19H24N2O2. The second-order valence-corrected chi connectivity index (χ2v) is 5.88. The van der Waals surface area contributed by atoms with Gasteiger partial charge in [0, 0.05) is 12.1 Å². The lowest BCUT2D eigenvalue weighted by atomic mass is 10.1. The molecule has 0 aliphatic rings. The second kappa shape index (κ2) is 7.79. The van der Waals surface area contributed by atoms with Crippen molar-refractivity contribution in [2.45, 2.75) is 13.0 Å². The van der Waals surface area contributed by atoms with Gasteiger partial charge in [0.2, 0.25) is 0 Å². The van der Waals surface area contributed by atoms with Crippen molar-refractivity contribution in [1.82, 2.24) is 10.2 Å². The number of nitrogens with zero attached hydrogens (tertiary/aromatic N) is 1. The zero-order valence-corrected chi connectivity index (χ0v) is 14.2. The molecule has 0 saturated heterocycles. The van der Waals surface area contributed by atoms with Gasteiger partial charge in [0.1, 0.15) is 5.75 Å². The number of benzene rings is 2. The summed E-state index contributed by atoms with van der Waals surface area (Å²) in [7, 11) is 5.61. The molecule has 0 aliphatic carbocycles. The highest BCUT2D eigenvalue weighted by molar-refractivity contribution is 5.95. The van der Waals surface area contributed by atoms with Crippen molar-refractivity contribution in [3.8, 4) is 5.75 Å². The summed E-state index contributed by atoms with van der Waals surface area (Å²) in [5.41, 5.74) is 2.71. The van der Waals surface area contributed by atoms with Gasteiger partial charge in [-0.2, -0.15) is 0 Å². The number of ether oxygens (including phenoxy) is 1. The molecule has 0 spiro atoms. The molecule has 1 N–H and O–H groups in total. The van der Waals surface area contributed by atoms with E-state index in [1.807, 2.05) is 63.5 Å². The van der Waals surface area contributed by atoms with Crippen LogP contribution < -0.4 is 10.1 Å². The minimum Gasteiger partial charge on any atom is -0.496 e. The summed E-state index contributed by atoms with van der Waals surface area (Å²) in [6.45, 7) is 2.69. The van der Waals surface area contributed by atoms with Gasteiger partial charge in [-0.3, -0.25) is 4.79 Å². The summed E-state index contributed by atoms with van der Waals surface area (Å²) in [6, 6.07) is 15.4. The molecule has 0 bridgehead atoms. The lowest BCUT2D eigenvalue weighted by molar-refractivity contribution is 0.0929. The number of aryl methyl sites for hydroxylation is 1. The Labute approximate surface area is 138 Å². The first-order valence-electron chi connectivity index (χ1n) is 7.66. The molecule has 0 unspecified atom stereocenters. The molecule has 0 saturated carbocycles. The van der Waals surface area contributed by atoms with Crippen molar-refractivity contribution in [3.05, 3.63) is 65.2 Å². The Kier molecular flexibility index (Phi) is 5.77. The molecule has 4 nitrogen and oxygen atoms in total. The quantitative estimate of drug-likeness (QED) is 0.891. The first-order valence-corrected chi connectivity index (χ1v) is 7.66. The predicted molar refractivity (Wildman–Crippen MR) is 92.9 cm³/mol. The average Bonchev–Trinajstić information content (AvgIpc) is 2.55.